The number of hydrogen-bond donors (Lipinski definition) is 0. The van der Waals surface area contributed by atoms with Crippen LogP contribution in [0.1, 0.15) is 32.6 Å². The van der Waals surface area contributed by atoms with Crippen LogP contribution in [0.4, 0.5) is 0 Å². The van der Waals surface area contributed by atoms with Crippen molar-refractivity contribution >= 4 is 5.78 Å². The molecule has 12 heavy (non-hydrogen) atoms. The van der Waals surface area contributed by atoms with Crippen LogP contribution in [0.3, 0.4) is 0 Å². The largest absolute Gasteiger partial charge is 0.299 e. The summed E-state index contributed by atoms with van der Waals surface area (Å²) in [5.41, 5.74) is 0. The normalized spacial score (nSPS) is 40.1. The van der Waals surface area contributed by atoms with Crippen LogP contribution in [0, 0.1) is 17.8 Å². The first-order chi connectivity index (χ1) is 5.83. The van der Waals surface area contributed by atoms with Gasteiger partial charge in [-0.3, -0.25) is 4.79 Å². The van der Waals surface area contributed by atoms with Gasteiger partial charge in [0.25, 0.3) is 0 Å². The van der Waals surface area contributed by atoms with Crippen molar-refractivity contribution in [3.63, 3.8) is 0 Å². The molecule has 1 saturated carbocycles. The first-order valence-electron chi connectivity index (χ1n) is 5.00. The highest BCUT2D eigenvalue weighted by Gasteiger charge is 2.40. The molecule has 1 nitrogen and oxygen atoms in total. The Bertz CT molecular complexity index is 217. The van der Waals surface area contributed by atoms with E-state index in [-0.39, 0.29) is 0 Å². The monoisotopic (exact) mass is 164 g/mol. The van der Waals surface area contributed by atoms with Crippen LogP contribution >= 0.6 is 0 Å². The molecule has 0 aliphatic heterocycles. The van der Waals surface area contributed by atoms with Gasteiger partial charge < -0.3 is 0 Å². The average molecular weight is 164 g/mol. The quantitative estimate of drug-likeness (QED) is 0.544. The van der Waals surface area contributed by atoms with Gasteiger partial charge in [0.05, 0.1) is 0 Å². The lowest BCUT2D eigenvalue weighted by Gasteiger charge is -2.23. The van der Waals surface area contributed by atoms with Crippen molar-refractivity contribution in [2.45, 2.75) is 32.6 Å². The zero-order chi connectivity index (χ0) is 8.55. The van der Waals surface area contributed by atoms with Crippen molar-refractivity contribution in [2.24, 2.45) is 17.8 Å². The second-order valence-electron chi connectivity index (χ2n) is 4.05. The predicted molar refractivity (Wildman–Crippen MR) is 48.8 cm³/mol. The van der Waals surface area contributed by atoms with Crippen molar-refractivity contribution < 1.29 is 4.79 Å². The Labute approximate surface area is 73.8 Å². The van der Waals surface area contributed by atoms with Gasteiger partial charge in [0, 0.05) is 12.3 Å². The maximum absolute atomic E-state index is 11.5. The Morgan fingerprint density at radius 3 is 2.92 bits per heavy atom. The molecule has 0 aromatic rings. The van der Waals surface area contributed by atoms with Crippen LogP contribution in [0.15, 0.2) is 12.2 Å². The second-order valence-corrected chi connectivity index (χ2v) is 4.05. The Hall–Kier alpha value is -0.590. The van der Waals surface area contributed by atoms with Crippen molar-refractivity contribution in [1.82, 2.24) is 0 Å². The minimum absolute atomic E-state index is 0.389. The fourth-order valence-electron chi connectivity index (χ4n) is 2.80. The summed E-state index contributed by atoms with van der Waals surface area (Å²) in [5, 5.41) is 0. The zero-order valence-corrected chi connectivity index (χ0v) is 7.62. The fraction of sp³-hybridized carbons (Fsp3) is 0.727. The number of Topliss-reactive ketones (excluding diaryl/α,β-unsaturated/α-hetero) is 1. The third-order valence-corrected chi connectivity index (χ3v) is 3.45. The smallest absolute Gasteiger partial charge is 0.136 e. The van der Waals surface area contributed by atoms with Crippen LogP contribution in [0.25, 0.3) is 0 Å². The maximum atomic E-state index is 11.5. The van der Waals surface area contributed by atoms with Gasteiger partial charge in [-0.2, -0.15) is 0 Å². The van der Waals surface area contributed by atoms with Crippen molar-refractivity contribution in [3.8, 4) is 0 Å². The van der Waals surface area contributed by atoms with Crippen LogP contribution in [-0.4, -0.2) is 5.78 Å². The molecule has 0 spiro atoms. The summed E-state index contributed by atoms with van der Waals surface area (Å²) >= 11 is 0. The van der Waals surface area contributed by atoms with Crippen LogP contribution in [0.2, 0.25) is 0 Å². The molecule has 0 amide bonds. The molecule has 3 atom stereocenters. The summed E-state index contributed by atoms with van der Waals surface area (Å²) in [6, 6.07) is 0. The van der Waals surface area contributed by atoms with Crippen molar-refractivity contribution in [2.75, 3.05) is 0 Å². The number of carbonyl (C=O) groups is 1. The van der Waals surface area contributed by atoms with Gasteiger partial charge in [-0.15, -0.1) is 0 Å². The number of fused-ring (bicyclic) bond motifs is 1. The molecule has 1 heteroatoms. The van der Waals surface area contributed by atoms with E-state index in [1.807, 2.05) is 0 Å². The molecule has 1 fully saturated rings. The molecular formula is C11H16O. The Balaban J connectivity index is 2.16. The first-order valence-corrected chi connectivity index (χ1v) is 5.00. The predicted octanol–water partition coefficient (Wildman–Crippen LogP) is 2.57. The van der Waals surface area contributed by atoms with Gasteiger partial charge in [0.2, 0.25) is 0 Å². The van der Waals surface area contributed by atoms with Gasteiger partial charge in [0.15, 0.2) is 0 Å². The summed E-state index contributed by atoms with van der Waals surface area (Å²) in [6.07, 6.45) is 8.69. The number of hydrogen-bond acceptors (Lipinski definition) is 1. The Morgan fingerprint density at radius 2 is 2.17 bits per heavy atom. The average Bonchev–Trinajstić information content (AvgIpc) is 2.40. The topological polar surface area (TPSA) is 17.1 Å². The summed E-state index contributed by atoms with van der Waals surface area (Å²) in [5.74, 6) is 2.29. The van der Waals surface area contributed by atoms with Gasteiger partial charge >= 0.3 is 0 Å². The number of allylic oxidation sites excluding steroid dienone is 2. The lowest BCUT2D eigenvalue weighted by molar-refractivity contribution is -0.121. The highest BCUT2D eigenvalue weighted by atomic mass is 16.1. The summed E-state index contributed by atoms with van der Waals surface area (Å²) in [4.78, 5) is 11.5. The number of rotatable bonds is 1. The van der Waals surface area contributed by atoms with Crippen LogP contribution in [0.5, 0.6) is 0 Å². The minimum Gasteiger partial charge on any atom is -0.299 e. The van der Waals surface area contributed by atoms with Crippen LogP contribution in [-0.2, 0) is 4.79 Å². The highest BCUT2D eigenvalue weighted by molar-refractivity contribution is 5.84. The van der Waals surface area contributed by atoms with E-state index in [9.17, 15) is 4.79 Å². The van der Waals surface area contributed by atoms with Crippen molar-refractivity contribution in [1.29, 1.82) is 0 Å². The Morgan fingerprint density at radius 1 is 1.42 bits per heavy atom. The van der Waals surface area contributed by atoms with E-state index in [0.717, 1.165) is 25.7 Å². The zero-order valence-electron chi connectivity index (χ0n) is 7.62. The Kier molecular flexibility index (Phi) is 2.03. The minimum atomic E-state index is 0.389. The van der Waals surface area contributed by atoms with E-state index < -0.39 is 0 Å². The van der Waals surface area contributed by atoms with Gasteiger partial charge in [0.1, 0.15) is 5.78 Å². The molecular weight excluding hydrogens is 148 g/mol. The third-order valence-electron chi connectivity index (χ3n) is 3.45. The van der Waals surface area contributed by atoms with E-state index in [1.54, 1.807) is 0 Å². The van der Waals surface area contributed by atoms with Gasteiger partial charge in [-0.25, -0.2) is 0 Å². The second kappa shape index (κ2) is 3.04. The molecule has 66 valence electrons. The summed E-state index contributed by atoms with van der Waals surface area (Å²) in [6.45, 7) is 2.14. The van der Waals surface area contributed by atoms with E-state index in [2.05, 4.69) is 19.1 Å². The third kappa shape index (κ3) is 1.12. The van der Waals surface area contributed by atoms with E-state index in [0.29, 0.717) is 23.5 Å². The van der Waals surface area contributed by atoms with Crippen molar-refractivity contribution in [3.05, 3.63) is 12.2 Å². The fourth-order valence-corrected chi connectivity index (χ4v) is 2.80. The number of carbonyl (C=O) groups excluding carboxylic acids is 1. The molecule has 0 heterocycles. The lowest BCUT2D eigenvalue weighted by Crippen LogP contribution is -2.17. The molecule has 2 aliphatic carbocycles. The molecule has 2 rings (SSSR count). The molecule has 0 saturated heterocycles. The van der Waals surface area contributed by atoms with Gasteiger partial charge in [-0.05, 0) is 31.1 Å². The molecule has 0 radical (unpaired) electrons. The molecule has 1 unspecified atom stereocenters. The maximum Gasteiger partial charge on any atom is 0.136 e. The van der Waals surface area contributed by atoms with Crippen LogP contribution < -0.4 is 0 Å². The SMILES string of the molecule is CCC1C(=O)C[C@@H]2CC=CC[C@@H]12. The summed E-state index contributed by atoms with van der Waals surface area (Å²) < 4.78 is 0. The van der Waals surface area contributed by atoms with Gasteiger partial charge in [-0.1, -0.05) is 19.1 Å². The first kappa shape index (κ1) is 8.03. The standard InChI is InChI=1S/C11H16O/c1-2-9-10-6-4-3-5-8(10)7-11(9)12/h3-4,8-10H,2,5-7H2,1H3/t8-,9?,10+/m0/s1. The molecule has 0 aromatic carbocycles. The van der Waals surface area contributed by atoms with E-state index >= 15 is 0 Å². The van der Waals surface area contributed by atoms with E-state index in [4.69, 9.17) is 0 Å². The molecule has 0 aromatic heterocycles. The highest BCUT2D eigenvalue weighted by Crippen LogP contribution is 2.42. The summed E-state index contributed by atoms with van der Waals surface area (Å²) in [7, 11) is 0. The lowest BCUT2D eigenvalue weighted by atomic mass is 9.80. The number of ketones is 1. The molecule has 0 N–H and O–H groups in total. The molecule has 0 bridgehead atoms. The van der Waals surface area contributed by atoms with E-state index in [1.165, 1.54) is 0 Å². The molecule has 2 aliphatic rings.